The van der Waals surface area contributed by atoms with Crippen molar-refractivity contribution in [3.05, 3.63) is 90.3 Å². The number of para-hydroxylation sites is 1. The Labute approximate surface area is 163 Å². The fraction of sp³-hybridized carbons (Fsp3) is 0.130. The number of carbonyl (C=O) groups is 1. The monoisotopic (exact) mass is 370 g/mol. The van der Waals surface area contributed by atoms with Crippen LogP contribution in [0.1, 0.15) is 24.1 Å². The van der Waals surface area contributed by atoms with E-state index < -0.39 is 0 Å². The zero-order chi connectivity index (χ0) is 19.3. The normalized spacial score (nSPS) is 11.9. The first kappa shape index (κ1) is 17.8. The molecule has 3 N–H and O–H groups in total. The van der Waals surface area contributed by atoms with Gasteiger partial charge in [0.05, 0.1) is 18.3 Å². The Bertz CT molecular complexity index is 1070. The maximum atomic E-state index is 12.4. The Hall–Kier alpha value is -3.60. The second kappa shape index (κ2) is 7.96. The van der Waals surface area contributed by atoms with Crippen molar-refractivity contribution in [3.8, 4) is 0 Å². The number of aromatic nitrogens is 2. The number of rotatable bonds is 6. The van der Waals surface area contributed by atoms with Crippen LogP contribution in [0, 0.1) is 0 Å². The number of fused-ring (bicyclic) bond motifs is 1. The van der Waals surface area contributed by atoms with Crippen molar-refractivity contribution in [2.45, 2.75) is 19.4 Å². The summed E-state index contributed by atoms with van der Waals surface area (Å²) in [5, 5.41) is 7.35. The molecule has 0 aliphatic heterocycles. The molecule has 0 radical (unpaired) electrons. The predicted octanol–water partition coefficient (Wildman–Crippen LogP) is 4.92. The molecule has 0 saturated carbocycles. The van der Waals surface area contributed by atoms with Crippen LogP contribution in [-0.4, -0.2) is 15.9 Å². The first-order valence-electron chi connectivity index (χ1n) is 9.31. The molecular weight excluding hydrogens is 348 g/mol. The fourth-order valence-corrected chi connectivity index (χ4v) is 3.27. The molecule has 140 valence electrons. The Morgan fingerprint density at radius 3 is 2.61 bits per heavy atom. The van der Waals surface area contributed by atoms with Crippen molar-refractivity contribution in [3.63, 3.8) is 0 Å². The number of H-pyrrole nitrogens is 1. The van der Waals surface area contributed by atoms with E-state index in [4.69, 9.17) is 0 Å². The number of hydrogen-bond acceptors (Lipinski definition) is 3. The number of carbonyl (C=O) groups excluding carboxylic acids is 1. The lowest BCUT2D eigenvalue weighted by Crippen LogP contribution is -2.15. The van der Waals surface area contributed by atoms with E-state index in [0.717, 1.165) is 22.2 Å². The van der Waals surface area contributed by atoms with Gasteiger partial charge in [-0.15, -0.1) is 0 Å². The van der Waals surface area contributed by atoms with E-state index in [2.05, 4.69) is 39.7 Å². The topological polar surface area (TPSA) is 69.8 Å². The molecule has 0 fully saturated rings. The zero-order valence-electron chi connectivity index (χ0n) is 15.6. The van der Waals surface area contributed by atoms with E-state index in [1.807, 2.05) is 60.8 Å². The zero-order valence-corrected chi connectivity index (χ0v) is 15.6. The van der Waals surface area contributed by atoms with E-state index in [1.165, 1.54) is 5.56 Å². The van der Waals surface area contributed by atoms with Crippen LogP contribution in [0.25, 0.3) is 10.9 Å². The van der Waals surface area contributed by atoms with Gasteiger partial charge in [0.15, 0.2) is 0 Å². The number of nitrogens with one attached hydrogen (secondary N) is 3. The molecule has 1 amide bonds. The molecule has 0 spiro atoms. The minimum atomic E-state index is -0.0874. The smallest absolute Gasteiger partial charge is 0.230 e. The lowest BCUT2D eigenvalue weighted by molar-refractivity contribution is -0.115. The van der Waals surface area contributed by atoms with Crippen LogP contribution in [0.5, 0.6) is 0 Å². The minimum Gasteiger partial charge on any atom is -0.377 e. The third-order valence-corrected chi connectivity index (χ3v) is 4.74. The molecular formula is C23H22N4O. The molecule has 4 aromatic rings. The molecule has 0 bridgehead atoms. The average molecular weight is 370 g/mol. The number of hydrogen-bond donors (Lipinski definition) is 3. The van der Waals surface area contributed by atoms with Crippen molar-refractivity contribution in [2.24, 2.45) is 0 Å². The van der Waals surface area contributed by atoms with Crippen molar-refractivity contribution in [2.75, 3.05) is 10.6 Å². The molecule has 5 heteroatoms. The van der Waals surface area contributed by atoms with Gasteiger partial charge in [0.1, 0.15) is 5.82 Å². The molecule has 2 aromatic heterocycles. The highest BCUT2D eigenvalue weighted by Crippen LogP contribution is 2.20. The van der Waals surface area contributed by atoms with Crippen LogP contribution in [0.15, 0.2) is 79.1 Å². The molecule has 4 rings (SSSR count). The SMILES string of the molecule is CC(Nc1ccc(NC(=O)Cc2c[nH]c3ccccc23)nc1)c1ccccc1. The number of benzene rings is 2. The Balaban J connectivity index is 1.37. The molecule has 1 unspecified atom stereocenters. The van der Waals surface area contributed by atoms with Crippen LogP contribution in [-0.2, 0) is 11.2 Å². The summed E-state index contributed by atoms with van der Waals surface area (Å²) in [6, 6.07) is 22.1. The third kappa shape index (κ3) is 4.04. The second-order valence-corrected chi connectivity index (χ2v) is 6.79. The summed E-state index contributed by atoms with van der Waals surface area (Å²) < 4.78 is 0. The van der Waals surface area contributed by atoms with Crippen LogP contribution in [0.4, 0.5) is 11.5 Å². The summed E-state index contributed by atoms with van der Waals surface area (Å²) in [7, 11) is 0. The van der Waals surface area contributed by atoms with Gasteiger partial charge in [-0.05, 0) is 36.2 Å². The van der Waals surface area contributed by atoms with E-state index >= 15 is 0 Å². The van der Waals surface area contributed by atoms with Crippen molar-refractivity contribution < 1.29 is 4.79 Å². The van der Waals surface area contributed by atoms with Gasteiger partial charge in [0.2, 0.25) is 5.91 Å². The molecule has 2 aromatic carbocycles. The number of anilines is 2. The van der Waals surface area contributed by atoms with Gasteiger partial charge in [-0.25, -0.2) is 4.98 Å². The van der Waals surface area contributed by atoms with Gasteiger partial charge in [0, 0.05) is 23.1 Å². The van der Waals surface area contributed by atoms with Gasteiger partial charge in [-0.2, -0.15) is 0 Å². The van der Waals surface area contributed by atoms with Crippen LogP contribution < -0.4 is 10.6 Å². The average Bonchev–Trinajstić information content (AvgIpc) is 3.13. The largest absolute Gasteiger partial charge is 0.377 e. The van der Waals surface area contributed by atoms with Crippen molar-refractivity contribution in [1.82, 2.24) is 9.97 Å². The minimum absolute atomic E-state index is 0.0874. The lowest BCUT2D eigenvalue weighted by atomic mass is 10.1. The number of amides is 1. The first-order valence-corrected chi connectivity index (χ1v) is 9.31. The highest BCUT2D eigenvalue weighted by atomic mass is 16.1. The third-order valence-electron chi connectivity index (χ3n) is 4.74. The maximum absolute atomic E-state index is 12.4. The van der Waals surface area contributed by atoms with Crippen LogP contribution in [0.3, 0.4) is 0 Å². The molecule has 0 aliphatic rings. The molecule has 28 heavy (non-hydrogen) atoms. The first-order chi connectivity index (χ1) is 13.7. The highest BCUT2D eigenvalue weighted by molar-refractivity contribution is 5.95. The Morgan fingerprint density at radius 2 is 1.82 bits per heavy atom. The maximum Gasteiger partial charge on any atom is 0.230 e. The summed E-state index contributed by atoms with van der Waals surface area (Å²) >= 11 is 0. The lowest BCUT2D eigenvalue weighted by Gasteiger charge is -2.15. The van der Waals surface area contributed by atoms with E-state index in [0.29, 0.717) is 12.2 Å². The second-order valence-electron chi connectivity index (χ2n) is 6.79. The number of aromatic amines is 1. The Kier molecular flexibility index (Phi) is 5.06. The standard InChI is InChI=1S/C23H22N4O/c1-16(17-7-3-2-4-8-17)26-19-11-12-22(25-15-19)27-23(28)13-18-14-24-21-10-6-5-9-20(18)21/h2-12,14-16,24,26H,13H2,1H3,(H,25,27,28). The fourth-order valence-electron chi connectivity index (χ4n) is 3.27. The number of pyridine rings is 1. The van der Waals surface area contributed by atoms with Crippen molar-refractivity contribution in [1.29, 1.82) is 0 Å². The molecule has 2 heterocycles. The molecule has 0 aliphatic carbocycles. The molecule has 0 saturated heterocycles. The summed E-state index contributed by atoms with van der Waals surface area (Å²) in [6.45, 7) is 2.10. The quantitative estimate of drug-likeness (QED) is 0.451. The Morgan fingerprint density at radius 1 is 1.04 bits per heavy atom. The van der Waals surface area contributed by atoms with Gasteiger partial charge in [0.25, 0.3) is 0 Å². The summed E-state index contributed by atoms with van der Waals surface area (Å²) in [5.41, 5.74) is 4.12. The van der Waals surface area contributed by atoms with Gasteiger partial charge >= 0.3 is 0 Å². The summed E-state index contributed by atoms with van der Waals surface area (Å²) in [6.07, 6.45) is 3.92. The molecule has 1 atom stereocenters. The van der Waals surface area contributed by atoms with Crippen molar-refractivity contribution >= 4 is 28.3 Å². The molecule has 5 nitrogen and oxygen atoms in total. The van der Waals surface area contributed by atoms with E-state index in [-0.39, 0.29) is 11.9 Å². The van der Waals surface area contributed by atoms with Gasteiger partial charge < -0.3 is 15.6 Å². The summed E-state index contributed by atoms with van der Waals surface area (Å²) in [4.78, 5) is 19.9. The summed E-state index contributed by atoms with van der Waals surface area (Å²) in [5.74, 6) is 0.457. The van der Waals surface area contributed by atoms with Crippen LogP contribution >= 0.6 is 0 Å². The van der Waals surface area contributed by atoms with E-state index in [1.54, 1.807) is 6.20 Å². The highest BCUT2D eigenvalue weighted by Gasteiger charge is 2.10. The van der Waals surface area contributed by atoms with Gasteiger partial charge in [-0.3, -0.25) is 4.79 Å². The van der Waals surface area contributed by atoms with Gasteiger partial charge in [-0.1, -0.05) is 48.5 Å². The van der Waals surface area contributed by atoms with Crippen LogP contribution in [0.2, 0.25) is 0 Å². The van der Waals surface area contributed by atoms with E-state index in [9.17, 15) is 4.79 Å². The predicted molar refractivity (Wildman–Crippen MR) is 113 cm³/mol. The number of nitrogens with zero attached hydrogens (tertiary/aromatic N) is 1.